The van der Waals surface area contributed by atoms with Gasteiger partial charge in [-0.1, -0.05) is 42.1 Å². The van der Waals surface area contributed by atoms with Gasteiger partial charge in [0.05, 0.1) is 17.5 Å². The number of para-hydroxylation sites is 1. The van der Waals surface area contributed by atoms with Crippen molar-refractivity contribution < 1.29 is 9.21 Å². The second-order valence-corrected chi connectivity index (χ2v) is 8.81. The molecule has 1 fully saturated rings. The zero-order valence-electron chi connectivity index (χ0n) is 17.9. The molecule has 5 rings (SSSR count). The van der Waals surface area contributed by atoms with E-state index in [4.69, 9.17) is 9.40 Å². The van der Waals surface area contributed by atoms with Crippen LogP contribution < -0.4 is 4.90 Å². The molecule has 1 saturated heterocycles. The Morgan fingerprint density at radius 3 is 2.62 bits per heavy atom. The lowest BCUT2D eigenvalue weighted by Gasteiger charge is -2.36. The number of hydrogen-bond acceptors (Lipinski definition) is 6. The predicted molar refractivity (Wildman–Crippen MR) is 128 cm³/mol. The van der Waals surface area contributed by atoms with Crippen LogP contribution in [0.5, 0.6) is 0 Å². The summed E-state index contributed by atoms with van der Waals surface area (Å²) in [4.78, 5) is 26.6. The number of benzene rings is 2. The molecule has 7 heteroatoms. The van der Waals surface area contributed by atoms with Crippen LogP contribution >= 0.6 is 11.8 Å². The summed E-state index contributed by atoms with van der Waals surface area (Å²) in [6.07, 6.45) is 1.61. The Bertz CT molecular complexity index is 1230. The average molecular weight is 445 g/mol. The van der Waals surface area contributed by atoms with Gasteiger partial charge in [0, 0.05) is 37.3 Å². The molecule has 0 saturated carbocycles. The van der Waals surface area contributed by atoms with Gasteiger partial charge >= 0.3 is 0 Å². The van der Waals surface area contributed by atoms with E-state index in [9.17, 15) is 4.79 Å². The first kappa shape index (κ1) is 20.6. The summed E-state index contributed by atoms with van der Waals surface area (Å²) in [5.74, 6) is 1.65. The Balaban J connectivity index is 1.26. The summed E-state index contributed by atoms with van der Waals surface area (Å²) >= 11 is 1.46. The van der Waals surface area contributed by atoms with Crippen molar-refractivity contribution in [2.24, 2.45) is 0 Å². The van der Waals surface area contributed by atoms with Crippen molar-refractivity contribution in [2.75, 3.05) is 36.8 Å². The number of anilines is 1. The molecule has 1 aliphatic heterocycles. The van der Waals surface area contributed by atoms with E-state index in [0.29, 0.717) is 17.3 Å². The van der Waals surface area contributed by atoms with Gasteiger partial charge in [0.15, 0.2) is 11.6 Å². The van der Waals surface area contributed by atoms with Gasteiger partial charge in [-0.2, -0.15) is 0 Å². The lowest BCUT2D eigenvalue weighted by atomic mass is 10.2. The molecular formula is C25H24N4O2S. The first-order valence-corrected chi connectivity index (χ1v) is 11.7. The van der Waals surface area contributed by atoms with E-state index >= 15 is 0 Å². The normalized spacial score (nSPS) is 14.2. The van der Waals surface area contributed by atoms with Gasteiger partial charge in [-0.3, -0.25) is 4.79 Å². The quantitative estimate of drug-likeness (QED) is 0.330. The number of amides is 1. The maximum Gasteiger partial charge on any atom is 0.233 e. The maximum absolute atomic E-state index is 12.9. The Morgan fingerprint density at radius 2 is 1.84 bits per heavy atom. The van der Waals surface area contributed by atoms with Crippen LogP contribution in [0.3, 0.4) is 0 Å². The Kier molecular flexibility index (Phi) is 5.81. The molecule has 0 spiro atoms. The van der Waals surface area contributed by atoms with Crippen LogP contribution in [-0.2, 0) is 4.79 Å². The Labute approximate surface area is 191 Å². The first-order chi connectivity index (χ1) is 15.7. The molecule has 1 aliphatic rings. The standard InChI is InChI=1S/C25H24N4O2S/c1-18-6-4-7-19(16-18)28-11-13-29(14-12-28)23(30)17-32-25-20-8-2-3-9-21(20)26-24(27-25)22-10-5-15-31-22/h2-10,15-16H,11-14,17H2,1H3. The summed E-state index contributed by atoms with van der Waals surface area (Å²) in [6.45, 7) is 5.26. The van der Waals surface area contributed by atoms with Crippen LogP contribution in [-0.4, -0.2) is 52.7 Å². The van der Waals surface area contributed by atoms with Crippen molar-refractivity contribution in [1.29, 1.82) is 0 Å². The Hall–Kier alpha value is -3.32. The van der Waals surface area contributed by atoms with E-state index in [0.717, 1.165) is 42.1 Å². The average Bonchev–Trinajstić information content (AvgIpc) is 3.37. The molecule has 3 heterocycles. The van der Waals surface area contributed by atoms with Crippen molar-refractivity contribution >= 4 is 34.3 Å². The lowest BCUT2D eigenvalue weighted by molar-refractivity contribution is -0.128. The number of hydrogen-bond donors (Lipinski definition) is 0. The summed E-state index contributed by atoms with van der Waals surface area (Å²) < 4.78 is 5.48. The van der Waals surface area contributed by atoms with E-state index in [-0.39, 0.29) is 5.91 Å². The highest BCUT2D eigenvalue weighted by molar-refractivity contribution is 8.00. The second kappa shape index (κ2) is 9.04. The van der Waals surface area contributed by atoms with Crippen molar-refractivity contribution in [1.82, 2.24) is 14.9 Å². The van der Waals surface area contributed by atoms with Crippen LogP contribution in [0.25, 0.3) is 22.5 Å². The summed E-state index contributed by atoms with van der Waals surface area (Å²) in [5, 5.41) is 1.75. The molecule has 0 unspecified atom stereocenters. The van der Waals surface area contributed by atoms with E-state index in [1.54, 1.807) is 6.26 Å². The van der Waals surface area contributed by atoms with Crippen LogP contribution in [0.2, 0.25) is 0 Å². The number of aryl methyl sites for hydroxylation is 1. The fraction of sp³-hybridized carbons (Fsp3) is 0.240. The highest BCUT2D eigenvalue weighted by atomic mass is 32.2. The van der Waals surface area contributed by atoms with Crippen LogP contribution in [0.15, 0.2) is 76.4 Å². The molecule has 1 amide bonds. The number of carbonyl (C=O) groups excluding carboxylic acids is 1. The van der Waals surface area contributed by atoms with Gasteiger partial charge in [-0.05, 0) is 42.8 Å². The molecule has 0 bridgehead atoms. The number of fused-ring (bicyclic) bond motifs is 1. The molecule has 162 valence electrons. The van der Waals surface area contributed by atoms with Gasteiger partial charge in [0.1, 0.15) is 5.03 Å². The van der Waals surface area contributed by atoms with E-state index in [2.05, 4.69) is 41.1 Å². The fourth-order valence-electron chi connectivity index (χ4n) is 3.93. The molecule has 0 aliphatic carbocycles. The number of piperazine rings is 1. The third-order valence-electron chi connectivity index (χ3n) is 5.64. The summed E-state index contributed by atoms with van der Waals surface area (Å²) in [5.41, 5.74) is 3.32. The second-order valence-electron chi connectivity index (χ2n) is 7.84. The van der Waals surface area contributed by atoms with Crippen molar-refractivity contribution in [3.8, 4) is 11.6 Å². The summed E-state index contributed by atoms with van der Waals surface area (Å²) in [6, 6.07) is 20.1. The number of thioether (sulfide) groups is 1. The summed E-state index contributed by atoms with van der Waals surface area (Å²) in [7, 11) is 0. The molecule has 0 N–H and O–H groups in total. The zero-order valence-corrected chi connectivity index (χ0v) is 18.7. The number of aromatic nitrogens is 2. The zero-order chi connectivity index (χ0) is 21.9. The SMILES string of the molecule is Cc1cccc(N2CCN(C(=O)CSc3nc(-c4ccco4)nc4ccccc34)CC2)c1. The third-order valence-corrected chi connectivity index (χ3v) is 6.62. The predicted octanol–water partition coefficient (Wildman–Crippen LogP) is 4.64. The van der Waals surface area contributed by atoms with Crippen molar-refractivity contribution in [2.45, 2.75) is 11.9 Å². The van der Waals surface area contributed by atoms with Crippen molar-refractivity contribution in [3.63, 3.8) is 0 Å². The van der Waals surface area contributed by atoms with Gasteiger partial charge in [-0.15, -0.1) is 0 Å². The van der Waals surface area contributed by atoms with Crippen LogP contribution in [0.4, 0.5) is 5.69 Å². The minimum absolute atomic E-state index is 0.140. The molecule has 0 radical (unpaired) electrons. The molecule has 2 aromatic carbocycles. The van der Waals surface area contributed by atoms with Gasteiger partial charge in [0.25, 0.3) is 0 Å². The minimum atomic E-state index is 0.140. The van der Waals surface area contributed by atoms with E-state index in [1.165, 1.54) is 23.0 Å². The molecule has 6 nitrogen and oxygen atoms in total. The molecular weight excluding hydrogens is 420 g/mol. The number of rotatable bonds is 5. The van der Waals surface area contributed by atoms with E-state index < -0.39 is 0 Å². The molecule has 4 aromatic rings. The largest absolute Gasteiger partial charge is 0.461 e. The monoisotopic (exact) mass is 444 g/mol. The highest BCUT2D eigenvalue weighted by Crippen LogP contribution is 2.29. The topological polar surface area (TPSA) is 62.5 Å². The fourth-order valence-corrected chi connectivity index (χ4v) is 4.86. The maximum atomic E-state index is 12.9. The third kappa shape index (κ3) is 4.34. The number of furan rings is 1. The highest BCUT2D eigenvalue weighted by Gasteiger charge is 2.22. The molecule has 32 heavy (non-hydrogen) atoms. The molecule has 0 atom stereocenters. The van der Waals surface area contributed by atoms with Gasteiger partial charge < -0.3 is 14.2 Å². The number of nitrogens with zero attached hydrogens (tertiary/aromatic N) is 4. The van der Waals surface area contributed by atoms with Crippen molar-refractivity contribution in [3.05, 3.63) is 72.5 Å². The minimum Gasteiger partial charge on any atom is -0.461 e. The smallest absolute Gasteiger partial charge is 0.233 e. The Morgan fingerprint density at radius 1 is 1.00 bits per heavy atom. The van der Waals surface area contributed by atoms with Gasteiger partial charge in [-0.25, -0.2) is 9.97 Å². The van der Waals surface area contributed by atoms with Gasteiger partial charge in [0.2, 0.25) is 5.91 Å². The first-order valence-electron chi connectivity index (χ1n) is 10.7. The molecule has 2 aromatic heterocycles. The van der Waals surface area contributed by atoms with E-state index in [1.807, 2.05) is 41.3 Å². The lowest BCUT2D eigenvalue weighted by Crippen LogP contribution is -2.49. The number of carbonyl (C=O) groups is 1. The van der Waals surface area contributed by atoms with Crippen LogP contribution in [0.1, 0.15) is 5.56 Å². The van der Waals surface area contributed by atoms with Crippen LogP contribution in [0, 0.1) is 6.92 Å².